The number of benzene rings is 1. The van der Waals surface area contributed by atoms with Crippen LogP contribution in [0.1, 0.15) is 16.8 Å². The number of hydrogen-bond acceptors (Lipinski definition) is 3. The molecular formula is C14H16ClN3O3. The number of carbonyl (C=O) groups is 3. The molecule has 112 valence electrons. The molecule has 1 aliphatic rings. The number of hydrogen-bond donors (Lipinski definition) is 2. The van der Waals surface area contributed by atoms with Crippen molar-refractivity contribution in [3.63, 3.8) is 0 Å². The predicted octanol–water partition coefficient (Wildman–Crippen LogP) is 1.12. The van der Waals surface area contributed by atoms with Crippen LogP contribution >= 0.6 is 11.6 Å². The van der Waals surface area contributed by atoms with E-state index in [1.807, 2.05) is 0 Å². The number of nitrogens with one attached hydrogen (secondary N) is 2. The first-order chi connectivity index (χ1) is 9.88. The van der Waals surface area contributed by atoms with E-state index >= 15 is 0 Å². The van der Waals surface area contributed by atoms with Gasteiger partial charge in [0.15, 0.2) is 0 Å². The van der Waals surface area contributed by atoms with E-state index in [4.69, 9.17) is 11.6 Å². The standard InChI is InChI=1S/C14H16ClN3O3/c1-18(2)14(21)10-6-9(3-4-11(10)15)17-13(20)8-5-12(19)16-7-8/h3-4,6,8H,5,7H2,1-2H3,(H,16,19)(H,17,20). The topological polar surface area (TPSA) is 78.5 Å². The van der Waals surface area contributed by atoms with Gasteiger partial charge in [-0.05, 0) is 18.2 Å². The molecule has 0 saturated carbocycles. The smallest absolute Gasteiger partial charge is 0.254 e. The van der Waals surface area contributed by atoms with Crippen LogP contribution in [0, 0.1) is 5.92 Å². The molecule has 1 atom stereocenters. The summed E-state index contributed by atoms with van der Waals surface area (Å²) >= 11 is 6.00. The molecule has 1 fully saturated rings. The Morgan fingerprint density at radius 3 is 2.67 bits per heavy atom. The van der Waals surface area contributed by atoms with Gasteiger partial charge in [-0.25, -0.2) is 0 Å². The average Bonchev–Trinajstić information content (AvgIpc) is 2.86. The number of anilines is 1. The van der Waals surface area contributed by atoms with Gasteiger partial charge in [-0.15, -0.1) is 0 Å². The summed E-state index contributed by atoms with van der Waals surface area (Å²) in [6.45, 7) is 0.335. The SMILES string of the molecule is CN(C)C(=O)c1cc(NC(=O)C2CNC(=O)C2)ccc1Cl. The molecule has 0 radical (unpaired) electrons. The second kappa shape index (κ2) is 6.13. The summed E-state index contributed by atoms with van der Waals surface area (Å²) in [6, 6.07) is 4.72. The van der Waals surface area contributed by atoms with Crippen molar-refractivity contribution in [2.24, 2.45) is 5.92 Å². The second-order valence-corrected chi connectivity index (χ2v) is 5.50. The van der Waals surface area contributed by atoms with E-state index in [0.29, 0.717) is 22.8 Å². The normalized spacial score (nSPS) is 17.3. The van der Waals surface area contributed by atoms with Crippen molar-refractivity contribution >= 4 is 35.0 Å². The first-order valence-corrected chi connectivity index (χ1v) is 6.85. The summed E-state index contributed by atoms with van der Waals surface area (Å²) in [6.07, 6.45) is 0.183. The molecule has 0 spiro atoms. The summed E-state index contributed by atoms with van der Waals surface area (Å²) in [5, 5.41) is 5.64. The molecule has 21 heavy (non-hydrogen) atoms. The van der Waals surface area contributed by atoms with Gasteiger partial charge in [-0.1, -0.05) is 11.6 Å². The van der Waals surface area contributed by atoms with Crippen LogP contribution in [0.5, 0.6) is 0 Å². The highest BCUT2D eigenvalue weighted by Gasteiger charge is 2.28. The third-order valence-electron chi connectivity index (χ3n) is 3.22. The molecule has 1 unspecified atom stereocenters. The summed E-state index contributed by atoms with van der Waals surface area (Å²) in [5.41, 5.74) is 0.800. The Kier molecular flexibility index (Phi) is 4.47. The van der Waals surface area contributed by atoms with Crippen LogP contribution in [0.15, 0.2) is 18.2 Å². The zero-order chi connectivity index (χ0) is 15.6. The van der Waals surface area contributed by atoms with Crippen LogP contribution in [0.2, 0.25) is 5.02 Å². The zero-order valence-corrected chi connectivity index (χ0v) is 12.5. The van der Waals surface area contributed by atoms with Crippen LogP contribution in [-0.4, -0.2) is 43.3 Å². The van der Waals surface area contributed by atoms with Gasteiger partial charge in [0.1, 0.15) is 0 Å². The average molecular weight is 310 g/mol. The van der Waals surface area contributed by atoms with E-state index in [0.717, 1.165) is 0 Å². The summed E-state index contributed by atoms with van der Waals surface area (Å²) in [5.74, 6) is -1.01. The number of amides is 3. The molecule has 0 aliphatic carbocycles. The second-order valence-electron chi connectivity index (χ2n) is 5.09. The fourth-order valence-electron chi connectivity index (χ4n) is 2.04. The molecule has 2 N–H and O–H groups in total. The van der Waals surface area contributed by atoms with Crippen LogP contribution in [0.3, 0.4) is 0 Å². The van der Waals surface area contributed by atoms with Crippen LogP contribution in [0.4, 0.5) is 5.69 Å². The van der Waals surface area contributed by atoms with E-state index in [1.165, 1.54) is 11.0 Å². The highest BCUT2D eigenvalue weighted by atomic mass is 35.5. The summed E-state index contributed by atoms with van der Waals surface area (Å²) < 4.78 is 0. The van der Waals surface area contributed by atoms with Gasteiger partial charge in [0.2, 0.25) is 11.8 Å². The van der Waals surface area contributed by atoms with E-state index in [-0.39, 0.29) is 30.1 Å². The number of rotatable bonds is 3. The molecular weight excluding hydrogens is 294 g/mol. The van der Waals surface area contributed by atoms with Crippen molar-refractivity contribution in [2.45, 2.75) is 6.42 Å². The molecule has 1 aliphatic heterocycles. The van der Waals surface area contributed by atoms with Crippen molar-refractivity contribution in [3.8, 4) is 0 Å². The third kappa shape index (κ3) is 3.52. The number of carbonyl (C=O) groups excluding carboxylic acids is 3. The molecule has 1 saturated heterocycles. The van der Waals surface area contributed by atoms with E-state index in [9.17, 15) is 14.4 Å². The molecule has 1 aromatic rings. The Hall–Kier alpha value is -2.08. The Balaban J connectivity index is 2.14. The lowest BCUT2D eigenvalue weighted by Crippen LogP contribution is -2.25. The van der Waals surface area contributed by atoms with Crippen LogP contribution in [0.25, 0.3) is 0 Å². The van der Waals surface area contributed by atoms with Gasteiger partial charge in [-0.2, -0.15) is 0 Å². The van der Waals surface area contributed by atoms with E-state index < -0.39 is 0 Å². The highest BCUT2D eigenvalue weighted by Crippen LogP contribution is 2.22. The third-order valence-corrected chi connectivity index (χ3v) is 3.55. The minimum Gasteiger partial charge on any atom is -0.355 e. The molecule has 0 bridgehead atoms. The first kappa shape index (κ1) is 15.3. The van der Waals surface area contributed by atoms with Crippen molar-refractivity contribution in [1.29, 1.82) is 0 Å². The van der Waals surface area contributed by atoms with E-state index in [1.54, 1.807) is 26.2 Å². The van der Waals surface area contributed by atoms with Gasteiger partial charge in [0.05, 0.1) is 16.5 Å². The highest BCUT2D eigenvalue weighted by molar-refractivity contribution is 6.34. The lowest BCUT2D eigenvalue weighted by Gasteiger charge is -2.14. The Bertz CT molecular complexity index is 601. The number of halogens is 1. The summed E-state index contributed by atoms with van der Waals surface area (Å²) in [7, 11) is 3.25. The Labute approximate surface area is 127 Å². The lowest BCUT2D eigenvalue weighted by molar-refractivity contribution is -0.123. The zero-order valence-electron chi connectivity index (χ0n) is 11.8. The molecule has 0 aromatic heterocycles. The predicted molar refractivity (Wildman–Crippen MR) is 79.2 cm³/mol. The Morgan fingerprint density at radius 1 is 1.38 bits per heavy atom. The van der Waals surface area contributed by atoms with Crippen molar-refractivity contribution < 1.29 is 14.4 Å². The molecule has 1 heterocycles. The van der Waals surface area contributed by atoms with Crippen molar-refractivity contribution in [2.75, 3.05) is 26.0 Å². The molecule has 2 rings (SSSR count). The van der Waals surface area contributed by atoms with Crippen molar-refractivity contribution in [1.82, 2.24) is 10.2 Å². The molecule has 6 nitrogen and oxygen atoms in total. The lowest BCUT2D eigenvalue weighted by atomic mass is 10.1. The van der Waals surface area contributed by atoms with Gasteiger partial charge in [-0.3, -0.25) is 14.4 Å². The largest absolute Gasteiger partial charge is 0.355 e. The summed E-state index contributed by atoms with van der Waals surface area (Å²) in [4.78, 5) is 36.5. The minimum atomic E-state index is -0.388. The van der Waals surface area contributed by atoms with Gasteiger partial charge in [0.25, 0.3) is 5.91 Å². The minimum absolute atomic E-state index is 0.130. The van der Waals surface area contributed by atoms with Gasteiger partial charge in [0, 0.05) is 32.7 Å². The Morgan fingerprint density at radius 2 is 2.10 bits per heavy atom. The maximum atomic E-state index is 12.0. The molecule has 3 amide bonds. The molecule has 7 heteroatoms. The quantitative estimate of drug-likeness (QED) is 0.878. The fourth-order valence-corrected chi connectivity index (χ4v) is 2.24. The maximum absolute atomic E-state index is 12.0. The fraction of sp³-hybridized carbons (Fsp3) is 0.357. The maximum Gasteiger partial charge on any atom is 0.254 e. The van der Waals surface area contributed by atoms with Crippen LogP contribution < -0.4 is 10.6 Å². The monoisotopic (exact) mass is 309 g/mol. The van der Waals surface area contributed by atoms with Gasteiger partial charge < -0.3 is 15.5 Å². The number of nitrogens with zero attached hydrogens (tertiary/aromatic N) is 1. The molecule has 1 aromatic carbocycles. The van der Waals surface area contributed by atoms with Gasteiger partial charge >= 0.3 is 0 Å². The first-order valence-electron chi connectivity index (χ1n) is 6.47. The van der Waals surface area contributed by atoms with Crippen molar-refractivity contribution in [3.05, 3.63) is 28.8 Å². The van der Waals surface area contributed by atoms with Crippen LogP contribution in [-0.2, 0) is 9.59 Å². The van der Waals surface area contributed by atoms with E-state index in [2.05, 4.69) is 10.6 Å².